The van der Waals surface area contributed by atoms with E-state index in [0.29, 0.717) is 5.92 Å². The van der Waals surface area contributed by atoms with Gasteiger partial charge in [-0.25, -0.2) is 8.42 Å². The molecule has 0 aromatic carbocycles. The van der Waals surface area contributed by atoms with Crippen LogP contribution in [0.25, 0.3) is 0 Å². The number of hydrogen-bond donors (Lipinski definition) is 1. The second kappa shape index (κ2) is 6.55. The molecule has 0 bridgehead atoms. The molecule has 2 fully saturated rings. The van der Waals surface area contributed by atoms with Crippen LogP contribution in [0.3, 0.4) is 0 Å². The molecule has 1 saturated heterocycles. The zero-order valence-electron chi connectivity index (χ0n) is 13.8. The van der Waals surface area contributed by atoms with E-state index in [1.807, 2.05) is 0 Å². The highest BCUT2D eigenvalue weighted by atomic mass is 32.2. The predicted molar refractivity (Wildman–Crippen MR) is 88.1 cm³/mol. The van der Waals surface area contributed by atoms with Gasteiger partial charge >= 0.3 is 0 Å². The van der Waals surface area contributed by atoms with Gasteiger partial charge in [0.2, 0.25) is 0 Å². The van der Waals surface area contributed by atoms with E-state index >= 15 is 0 Å². The minimum atomic E-state index is -2.93. The van der Waals surface area contributed by atoms with Crippen molar-refractivity contribution >= 4 is 9.84 Å². The monoisotopic (exact) mass is 316 g/mol. The highest BCUT2D eigenvalue weighted by molar-refractivity contribution is 7.91. The van der Waals surface area contributed by atoms with Crippen molar-refractivity contribution in [2.45, 2.75) is 75.6 Å². The third-order valence-electron chi connectivity index (χ3n) is 5.77. The molecular formula is C16H32N2O2S. The van der Waals surface area contributed by atoms with Crippen molar-refractivity contribution in [2.24, 2.45) is 11.7 Å². The number of sulfone groups is 1. The molecule has 1 aliphatic heterocycles. The van der Waals surface area contributed by atoms with Crippen LogP contribution in [0.2, 0.25) is 0 Å². The fourth-order valence-corrected chi connectivity index (χ4v) is 5.35. The van der Waals surface area contributed by atoms with Crippen molar-refractivity contribution in [3.63, 3.8) is 0 Å². The lowest BCUT2D eigenvalue weighted by molar-refractivity contribution is 0.0475. The maximum absolute atomic E-state index is 11.9. The maximum Gasteiger partial charge on any atom is 0.150 e. The Balaban J connectivity index is 2.05. The van der Waals surface area contributed by atoms with Gasteiger partial charge in [0.05, 0.1) is 5.25 Å². The SMILES string of the molecule is CC(C)(C(N)C1CCCC(S(C)(=O)=O)C1)N1CCCCC1. The average molecular weight is 317 g/mol. The highest BCUT2D eigenvalue weighted by Crippen LogP contribution is 2.35. The summed E-state index contributed by atoms with van der Waals surface area (Å²) >= 11 is 0. The quantitative estimate of drug-likeness (QED) is 0.863. The molecule has 124 valence electrons. The van der Waals surface area contributed by atoms with Gasteiger partial charge in [-0.15, -0.1) is 0 Å². The van der Waals surface area contributed by atoms with Gasteiger partial charge in [-0.05, 0) is 65.0 Å². The first-order chi connectivity index (χ1) is 9.73. The topological polar surface area (TPSA) is 63.4 Å². The highest BCUT2D eigenvalue weighted by Gasteiger charge is 2.41. The molecule has 0 aromatic rings. The molecular weight excluding hydrogens is 284 g/mol. The van der Waals surface area contributed by atoms with E-state index in [1.165, 1.54) is 25.5 Å². The molecule has 0 amide bonds. The molecule has 5 heteroatoms. The fraction of sp³-hybridized carbons (Fsp3) is 1.00. The standard InChI is InChI=1S/C16H32N2O2S/c1-16(2,18-10-5-4-6-11-18)15(17)13-8-7-9-14(12-13)21(3,19)20/h13-15H,4-12,17H2,1-3H3. The van der Waals surface area contributed by atoms with Crippen molar-refractivity contribution in [1.29, 1.82) is 0 Å². The first-order valence-corrected chi connectivity index (χ1v) is 10.4. The lowest BCUT2D eigenvalue weighted by atomic mass is 9.75. The molecule has 3 atom stereocenters. The average Bonchev–Trinajstić information content (AvgIpc) is 2.46. The summed E-state index contributed by atoms with van der Waals surface area (Å²) in [7, 11) is -2.93. The summed E-state index contributed by atoms with van der Waals surface area (Å²) in [5.41, 5.74) is 6.59. The Morgan fingerprint density at radius 3 is 2.29 bits per heavy atom. The van der Waals surface area contributed by atoms with Crippen LogP contribution in [0, 0.1) is 5.92 Å². The van der Waals surface area contributed by atoms with Gasteiger partial charge in [-0.3, -0.25) is 4.90 Å². The van der Waals surface area contributed by atoms with Crippen LogP contribution in [0.5, 0.6) is 0 Å². The smallest absolute Gasteiger partial charge is 0.150 e. The Morgan fingerprint density at radius 1 is 1.10 bits per heavy atom. The molecule has 1 aliphatic carbocycles. The molecule has 1 heterocycles. The minimum Gasteiger partial charge on any atom is -0.326 e. The second-order valence-corrected chi connectivity index (χ2v) is 9.93. The second-order valence-electron chi connectivity index (χ2n) is 7.61. The molecule has 2 rings (SSSR count). The molecule has 2 N–H and O–H groups in total. The Bertz CT molecular complexity index is 441. The first kappa shape index (κ1) is 17.2. The normalized spacial score (nSPS) is 31.0. The molecule has 2 aliphatic rings. The van der Waals surface area contributed by atoms with Gasteiger partial charge in [-0.2, -0.15) is 0 Å². The molecule has 3 unspecified atom stereocenters. The zero-order chi connectivity index (χ0) is 15.7. The van der Waals surface area contributed by atoms with Crippen molar-refractivity contribution in [1.82, 2.24) is 4.90 Å². The van der Waals surface area contributed by atoms with Crippen LogP contribution >= 0.6 is 0 Å². The third-order valence-corrected chi connectivity index (χ3v) is 7.41. The van der Waals surface area contributed by atoms with E-state index < -0.39 is 9.84 Å². The third kappa shape index (κ3) is 3.99. The number of rotatable bonds is 4. The Morgan fingerprint density at radius 2 is 1.71 bits per heavy atom. The van der Waals surface area contributed by atoms with Gasteiger partial charge in [0.25, 0.3) is 0 Å². The Hall–Kier alpha value is -0.130. The van der Waals surface area contributed by atoms with E-state index in [1.54, 1.807) is 0 Å². The number of hydrogen-bond acceptors (Lipinski definition) is 4. The molecule has 0 aromatic heterocycles. The lowest BCUT2D eigenvalue weighted by Gasteiger charge is -2.48. The van der Waals surface area contributed by atoms with Gasteiger partial charge < -0.3 is 5.73 Å². The lowest BCUT2D eigenvalue weighted by Crippen LogP contribution is -2.60. The van der Waals surface area contributed by atoms with E-state index in [4.69, 9.17) is 5.73 Å². The summed E-state index contributed by atoms with van der Waals surface area (Å²) in [6.45, 7) is 6.74. The molecule has 1 saturated carbocycles. The van der Waals surface area contributed by atoms with Crippen molar-refractivity contribution < 1.29 is 8.42 Å². The van der Waals surface area contributed by atoms with E-state index in [0.717, 1.165) is 38.8 Å². The summed E-state index contributed by atoms with van der Waals surface area (Å²) < 4.78 is 23.7. The molecule has 0 radical (unpaired) electrons. The number of nitrogens with zero attached hydrogens (tertiary/aromatic N) is 1. The largest absolute Gasteiger partial charge is 0.326 e. The number of nitrogens with two attached hydrogens (primary N) is 1. The van der Waals surface area contributed by atoms with Crippen LogP contribution in [0.15, 0.2) is 0 Å². The van der Waals surface area contributed by atoms with Crippen molar-refractivity contribution in [3.05, 3.63) is 0 Å². The van der Waals surface area contributed by atoms with Gasteiger partial charge in [-0.1, -0.05) is 12.8 Å². The van der Waals surface area contributed by atoms with Gasteiger partial charge in [0.1, 0.15) is 9.84 Å². The Kier molecular flexibility index (Phi) is 5.37. The van der Waals surface area contributed by atoms with Gasteiger partial charge in [0, 0.05) is 17.8 Å². The predicted octanol–water partition coefficient (Wildman–Crippen LogP) is 2.18. The zero-order valence-corrected chi connectivity index (χ0v) is 14.7. The van der Waals surface area contributed by atoms with Gasteiger partial charge in [0.15, 0.2) is 0 Å². The first-order valence-electron chi connectivity index (χ1n) is 8.42. The summed E-state index contributed by atoms with van der Waals surface area (Å²) in [4.78, 5) is 2.52. The molecule has 4 nitrogen and oxygen atoms in total. The maximum atomic E-state index is 11.9. The Labute approximate surface area is 130 Å². The fourth-order valence-electron chi connectivity index (χ4n) is 4.15. The summed E-state index contributed by atoms with van der Waals surface area (Å²) in [5.74, 6) is 0.329. The number of piperidine rings is 1. The van der Waals surface area contributed by atoms with Crippen LogP contribution in [-0.4, -0.2) is 49.5 Å². The summed E-state index contributed by atoms with van der Waals surface area (Å²) in [5, 5.41) is -0.181. The van der Waals surface area contributed by atoms with E-state index in [9.17, 15) is 8.42 Å². The van der Waals surface area contributed by atoms with Crippen LogP contribution in [-0.2, 0) is 9.84 Å². The van der Waals surface area contributed by atoms with Crippen LogP contribution in [0.1, 0.15) is 58.8 Å². The minimum absolute atomic E-state index is 0.0372. The summed E-state index contributed by atoms with van der Waals surface area (Å²) in [6.07, 6.45) is 8.84. The summed E-state index contributed by atoms with van der Waals surface area (Å²) in [6, 6.07) is 0.0557. The van der Waals surface area contributed by atoms with E-state index in [-0.39, 0.29) is 16.8 Å². The van der Waals surface area contributed by atoms with Crippen LogP contribution < -0.4 is 5.73 Å². The van der Waals surface area contributed by atoms with Crippen LogP contribution in [0.4, 0.5) is 0 Å². The van der Waals surface area contributed by atoms with E-state index in [2.05, 4.69) is 18.7 Å². The molecule has 0 spiro atoms. The molecule has 21 heavy (non-hydrogen) atoms. The number of likely N-dealkylation sites (tertiary alicyclic amines) is 1. The van der Waals surface area contributed by atoms with Crippen molar-refractivity contribution in [3.8, 4) is 0 Å². The van der Waals surface area contributed by atoms with Crippen molar-refractivity contribution in [2.75, 3.05) is 19.3 Å².